The summed E-state index contributed by atoms with van der Waals surface area (Å²) in [6.07, 6.45) is 0.568. The lowest BCUT2D eigenvalue weighted by molar-refractivity contribution is 0.0555. The summed E-state index contributed by atoms with van der Waals surface area (Å²) in [6.45, 7) is 2.44. The van der Waals surface area contributed by atoms with Gasteiger partial charge in [-0.25, -0.2) is 9.59 Å². The van der Waals surface area contributed by atoms with Gasteiger partial charge in [0.1, 0.15) is 0 Å². The van der Waals surface area contributed by atoms with Gasteiger partial charge in [-0.1, -0.05) is 18.2 Å². The molecule has 26 heavy (non-hydrogen) atoms. The highest BCUT2D eigenvalue weighted by atomic mass is 16.5. The van der Waals surface area contributed by atoms with Gasteiger partial charge in [0.05, 0.1) is 31.9 Å². The van der Waals surface area contributed by atoms with Crippen molar-refractivity contribution in [2.45, 2.75) is 19.9 Å². The first-order valence-electron chi connectivity index (χ1n) is 8.43. The lowest BCUT2D eigenvalue weighted by Gasteiger charge is -2.20. The molecule has 0 unspecified atom stereocenters. The molecule has 4 rings (SSSR count). The average molecular weight is 352 g/mol. The van der Waals surface area contributed by atoms with Crippen molar-refractivity contribution in [1.82, 2.24) is 9.13 Å². The van der Waals surface area contributed by atoms with Gasteiger partial charge in [-0.2, -0.15) is 0 Å². The number of ether oxygens (including phenoxy) is 2. The number of hydrogen-bond acceptors (Lipinski definition) is 4. The number of aromatic nitrogens is 2. The van der Waals surface area contributed by atoms with E-state index < -0.39 is 11.9 Å². The molecular weight excluding hydrogens is 332 g/mol. The molecule has 6 nitrogen and oxygen atoms in total. The summed E-state index contributed by atoms with van der Waals surface area (Å²) in [4.78, 5) is 24.8. The quantitative estimate of drug-likeness (QED) is 0.521. The van der Waals surface area contributed by atoms with Gasteiger partial charge >= 0.3 is 11.9 Å². The Morgan fingerprint density at radius 3 is 2.35 bits per heavy atom. The second kappa shape index (κ2) is 5.76. The predicted molar refractivity (Wildman–Crippen MR) is 96.7 cm³/mol. The number of methoxy groups -OCH3 is 2. The minimum absolute atomic E-state index is 0.298. The number of rotatable bonds is 2. The van der Waals surface area contributed by atoms with E-state index in [0.717, 1.165) is 16.9 Å². The standard InChI is InChI=1S/C20H20N2O4/c1-11-17(19(23)25-3)18(20(24)26-4)15-9-13-12-7-5-6-8-14(12)21(2)16(13)10-22(11)15/h5-8H,9-10H2,1-4H3. The van der Waals surface area contributed by atoms with Crippen molar-refractivity contribution < 1.29 is 19.1 Å². The molecule has 0 bridgehead atoms. The van der Waals surface area contributed by atoms with Gasteiger partial charge < -0.3 is 18.6 Å². The topological polar surface area (TPSA) is 62.5 Å². The molecule has 3 heterocycles. The number of aryl methyl sites for hydroxylation is 1. The number of hydrogen-bond donors (Lipinski definition) is 0. The summed E-state index contributed by atoms with van der Waals surface area (Å²) in [7, 11) is 4.70. The number of para-hydroxylation sites is 1. The zero-order chi connectivity index (χ0) is 18.6. The highest BCUT2D eigenvalue weighted by molar-refractivity contribution is 6.05. The van der Waals surface area contributed by atoms with Crippen LogP contribution in [0.2, 0.25) is 0 Å². The first-order valence-corrected chi connectivity index (χ1v) is 8.43. The molecule has 3 aromatic rings. The Kier molecular flexibility index (Phi) is 3.64. The van der Waals surface area contributed by atoms with Gasteiger partial charge in [0.15, 0.2) is 0 Å². The van der Waals surface area contributed by atoms with E-state index in [2.05, 4.69) is 16.7 Å². The largest absolute Gasteiger partial charge is 0.465 e. The molecule has 134 valence electrons. The Labute approximate surface area is 150 Å². The van der Waals surface area contributed by atoms with Crippen LogP contribution < -0.4 is 0 Å². The van der Waals surface area contributed by atoms with Gasteiger partial charge in [0.2, 0.25) is 0 Å². The summed E-state index contributed by atoms with van der Waals surface area (Å²) in [6, 6.07) is 8.23. The smallest absolute Gasteiger partial charge is 0.340 e. The molecule has 0 N–H and O–H groups in total. The highest BCUT2D eigenvalue weighted by Crippen LogP contribution is 2.36. The lowest BCUT2D eigenvalue weighted by atomic mass is 9.99. The highest BCUT2D eigenvalue weighted by Gasteiger charge is 2.34. The first kappa shape index (κ1) is 16.4. The van der Waals surface area contributed by atoms with E-state index >= 15 is 0 Å². The molecule has 1 aromatic carbocycles. The fourth-order valence-corrected chi connectivity index (χ4v) is 4.11. The van der Waals surface area contributed by atoms with Crippen molar-refractivity contribution in [3.8, 4) is 0 Å². The maximum Gasteiger partial charge on any atom is 0.340 e. The van der Waals surface area contributed by atoms with Gasteiger partial charge in [-0.15, -0.1) is 0 Å². The van der Waals surface area contributed by atoms with E-state index in [1.165, 1.54) is 30.9 Å². The molecular formula is C20H20N2O4. The van der Waals surface area contributed by atoms with E-state index in [1.54, 1.807) is 0 Å². The molecule has 0 atom stereocenters. The van der Waals surface area contributed by atoms with Gasteiger partial charge in [-0.3, -0.25) is 0 Å². The molecule has 2 aromatic heterocycles. The Bertz CT molecular complexity index is 1070. The molecule has 0 radical (unpaired) electrons. The molecule has 0 spiro atoms. The van der Waals surface area contributed by atoms with Crippen molar-refractivity contribution in [1.29, 1.82) is 0 Å². The van der Waals surface area contributed by atoms with E-state index in [4.69, 9.17) is 9.47 Å². The first-order chi connectivity index (χ1) is 12.5. The second-order valence-corrected chi connectivity index (χ2v) is 6.53. The van der Waals surface area contributed by atoms with Crippen molar-refractivity contribution in [2.75, 3.05) is 14.2 Å². The van der Waals surface area contributed by atoms with Gasteiger partial charge in [0, 0.05) is 41.5 Å². The third-order valence-corrected chi connectivity index (χ3v) is 5.41. The number of carbonyl (C=O) groups excluding carboxylic acids is 2. The molecule has 0 amide bonds. The summed E-state index contributed by atoms with van der Waals surface area (Å²) < 4.78 is 14.1. The molecule has 0 saturated carbocycles. The van der Waals surface area contributed by atoms with Crippen LogP contribution in [-0.4, -0.2) is 35.3 Å². The van der Waals surface area contributed by atoms with Crippen LogP contribution >= 0.6 is 0 Å². The average Bonchev–Trinajstić information content (AvgIpc) is 3.12. The van der Waals surface area contributed by atoms with Crippen LogP contribution in [-0.2, 0) is 29.5 Å². The van der Waals surface area contributed by atoms with Gasteiger partial charge in [0.25, 0.3) is 0 Å². The van der Waals surface area contributed by atoms with Crippen LogP contribution in [0.4, 0.5) is 0 Å². The Morgan fingerprint density at radius 1 is 1.00 bits per heavy atom. The summed E-state index contributed by atoms with van der Waals surface area (Å²) in [5.41, 5.74) is 5.68. The zero-order valence-electron chi connectivity index (χ0n) is 15.3. The summed E-state index contributed by atoms with van der Waals surface area (Å²) >= 11 is 0. The Hall–Kier alpha value is -3.02. The van der Waals surface area contributed by atoms with Crippen LogP contribution in [0.3, 0.4) is 0 Å². The SMILES string of the molecule is COC(=O)c1c(C(=O)OC)c2n(c1C)Cc1c(c3ccccc3n1C)C2. The zero-order valence-corrected chi connectivity index (χ0v) is 15.3. The normalized spacial score (nSPS) is 12.6. The number of fused-ring (bicyclic) bond motifs is 4. The minimum atomic E-state index is -0.515. The van der Waals surface area contributed by atoms with E-state index in [0.29, 0.717) is 24.1 Å². The lowest BCUT2D eigenvalue weighted by Crippen LogP contribution is -2.18. The molecule has 1 aliphatic heterocycles. The maximum atomic E-state index is 12.5. The number of esters is 2. The third-order valence-electron chi connectivity index (χ3n) is 5.41. The third kappa shape index (κ3) is 2.05. The monoisotopic (exact) mass is 352 g/mol. The molecule has 0 saturated heterocycles. The van der Waals surface area contributed by atoms with E-state index in [9.17, 15) is 9.59 Å². The number of nitrogens with zero attached hydrogens (tertiary/aromatic N) is 2. The fraction of sp³-hybridized carbons (Fsp3) is 0.300. The predicted octanol–water partition coefficient (Wildman–Crippen LogP) is 2.81. The Balaban J connectivity index is 1.99. The van der Waals surface area contributed by atoms with Crippen molar-refractivity contribution in [3.05, 3.63) is 58.0 Å². The number of carbonyl (C=O) groups is 2. The van der Waals surface area contributed by atoms with Crippen molar-refractivity contribution in [3.63, 3.8) is 0 Å². The molecule has 6 heteroatoms. The van der Waals surface area contributed by atoms with Crippen molar-refractivity contribution in [2.24, 2.45) is 7.05 Å². The van der Waals surface area contributed by atoms with Crippen LogP contribution in [0.15, 0.2) is 24.3 Å². The van der Waals surface area contributed by atoms with Crippen molar-refractivity contribution >= 4 is 22.8 Å². The molecule has 0 fully saturated rings. The van der Waals surface area contributed by atoms with E-state index in [-0.39, 0.29) is 0 Å². The summed E-state index contributed by atoms with van der Waals surface area (Å²) in [5, 5.41) is 1.17. The van der Waals surface area contributed by atoms with Crippen LogP contribution in [0, 0.1) is 6.92 Å². The molecule has 1 aliphatic rings. The second-order valence-electron chi connectivity index (χ2n) is 6.53. The fourth-order valence-electron chi connectivity index (χ4n) is 4.11. The maximum absolute atomic E-state index is 12.5. The van der Waals surface area contributed by atoms with Crippen LogP contribution in [0.5, 0.6) is 0 Å². The Morgan fingerprint density at radius 2 is 1.65 bits per heavy atom. The van der Waals surface area contributed by atoms with E-state index in [1.807, 2.05) is 30.7 Å². The van der Waals surface area contributed by atoms with Crippen LogP contribution in [0.25, 0.3) is 10.9 Å². The number of benzene rings is 1. The van der Waals surface area contributed by atoms with Gasteiger partial charge in [-0.05, 0) is 18.6 Å². The minimum Gasteiger partial charge on any atom is -0.465 e. The summed E-state index contributed by atoms with van der Waals surface area (Å²) in [5.74, 6) is -1.02. The van der Waals surface area contributed by atoms with Crippen LogP contribution in [0.1, 0.15) is 43.4 Å². The molecule has 0 aliphatic carbocycles.